The Morgan fingerprint density at radius 2 is 1.71 bits per heavy atom. The first-order chi connectivity index (χ1) is 13.3. The largest absolute Gasteiger partial charge is 0.379 e. The van der Waals surface area contributed by atoms with E-state index in [1.54, 1.807) is 36.4 Å². The van der Waals surface area contributed by atoms with Gasteiger partial charge in [-0.25, -0.2) is 12.8 Å². The Balaban J connectivity index is 1.61. The number of benzene rings is 2. The van der Waals surface area contributed by atoms with E-state index in [1.807, 2.05) is 6.92 Å². The van der Waals surface area contributed by atoms with Crippen LogP contribution in [0.1, 0.15) is 34.5 Å². The number of nitrogens with zero attached hydrogens (tertiary/aromatic N) is 1. The predicted molar refractivity (Wildman–Crippen MR) is 104 cm³/mol. The lowest BCUT2D eigenvalue weighted by molar-refractivity contribution is 0.0729. The van der Waals surface area contributed by atoms with Gasteiger partial charge in [0.25, 0.3) is 5.91 Å². The monoisotopic (exact) mass is 406 g/mol. The molecular formula is C20H23FN2O4S. The summed E-state index contributed by atoms with van der Waals surface area (Å²) in [6.45, 7) is 3.36. The van der Waals surface area contributed by atoms with Crippen LogP contribution in [0.5, 0.6) is 0 Å². The Kier molecular flexibility index (Phi) is 6.43. The van der Waals surface area contributed by atoms with E-state index >= 15 is 0 Å². The number of rotatable bonds is 6. The summed E-state index contributed by atoms with van der Waals surface area (Å²) in [5.41, 5.74) is 1.85. The lowest BCUT2D eigenvalue weighted by Crippen LogP contribution is -2.41. The summed E-state index contributed by atoms with van der Waals surface area (Å²) in [4.78, 5) is 12.4. The number of carbonyl (C=O) groups is 1. The number of morpholine rings is 1. The summed E-state index contributed by atoms with van der Waals surface area (Å²) in [6.07, 6.45) is 0. The van der Waals surface area contributed by atoms with Crippen molar-refractivity contribution in [2.45, 2.75) is 18.7 Å². The minimum atomic E-state index is -3.41. The Morgan fingerprint density at radius 3 is 2.32 bits per heavy atom. The first-order valence-electron chi connectivity index (χ1n) is 9.06. The molecule has 6 nitrogen and oxygen atoms in total. The van der Waals surface area contributed by atoms with Crippen LogP contribution in [-0.2, 0) is 20.5 Å². The fourth-order valence-corrected chi connectivity index (χ4v) is 4.50. The Morgan fingerprint density at radius 1 is 1.11 bits per heavy atom. The molecule has 2 aromatic carbocycles. The van der Waals surface area contributed by atoms with Gasteiger partial charge >= 0.3 is 0 Å². The predicted octanol–water partition coefficient (Wildman–Crippen LogP) is 2.48. The highest BCUT2D eigenvalue weighted by atomic mass is 32.2. The van der Waals surface area contributed by atoms with Crippen LogP contribution in [0.15, 0.2) is 48.5 Å². The van der Waals surface area contributed by atoms with E-state index in [4.69, 9.17) is 4.74 Å². The van der Waals surface area contributed by atoms with Gasteiger partial charge in [0.1, 0.15) is 5.82 Å². The van der Waals surface area contributed by atoms with Crippen molar-refractivity contribution in [3.63, 3.8) is 0 Å². The zero-order chi connectivity index (χ0) is 20.1. The fraction of sp³-hybridized carbons (Fsp3) is 0.350. The van der Waals surface area contributed by atoms with Crippen LogP contribution < -0.4 is 5.32 Å². The molecule has 0 radical (unpaired) electrons. The van der Waals surface area contributed by atoms with Crippen molar-refractivity contribution in [2.75, 3.05) is 26.3 Å². The van der Waals surface area contributed by atoms with Crippen molar-refractivity contribution < 1.29 is 22.3 Å². The smallest absolute Gasteiger partial charge is 0.251 e. The molecule has 1 N–H and O–H groups in total. The molecule has 1 saturated heterocycles. The topological polar surface area (TPSA) is 75.7 Å². The molecule has 28 heavy (non-hydrogen) atoms. The van der Waals surface area contributed by atoms with E-state index in [1.165, 1.54) is 16.4 Å². The zero-order valence-corrected chi connectivity index (χ0v) is 16.4. The van der Waals surface area contributed by atoms with Crippen LogP contribution in [-0.4, -0.2) is 44.9 Å². The number of ether oxygens (including phenoxy) is 1. The summed E-state index contributed by atoms with van der Waals surface area (Å²) in [7, 11) is -3.41. The summed E-state index contributed by atoms with van der Waals surface area (Å²) >= 11 is 0. The minimum absolute atomic E-state index is 0.110. The molecule has 0 aliphatic carbocycles. The number of halogens is 1. The highest BCUT2D eigenvalue weighted by molar-refractivity contribution is 7.88. The van der Waals surface area contributed by atoms with Gasteiger partial charge in [0.2, 0.25) is 10.0 Å². The second-order valence-electron chi connectivity index (χ2n) is 6.71. The maximum absolute atomic E-state index is 13.0. The lowest BCUT2D eigenvalue weighted by Gasteiger charge is -2.26. The normalized spacial score (nSPS) is 16.5. The Labute approximate surface area is 164 Å². The lowest BCUT2D eigenvalue weighted by atomic mass is 10.1. The number of amides is 1. The molecular weight excluding hydrogens is 383 g/mol. The molecule has 150 valence electrons. The Bertz CT molecular complexity index is 908. The number of hydrogen-bond donors (Lipinski definition) is 1. The third kappa shape index (κ3) is 5.15. The van der Waals surface area contributed by atoms with Crippen LogP contribution in [0.2, 0.25) is 0 Å². The van der Waals surface area contributed by atoms with Gasteiger partial charge in [0.05, 0.1) is 25.0 Å². The average molecular weight is 406 g/mol. The third-order valence-corrected chi connectivity index (χ3v) is 6.50. The van der Waals surface area contributed by atoms with Crippen molar-refractivity contribution >= 4 is 15.9 Å². The van der Waals surface area contributed by atoms with E-state index in [9.17, 15) is 17.6 Å². The second-order valence-corrected chi connectivity index (χ2v) is 8.68. The molecule has 1 unspecified atom stereocenters. The molecule has 1 aliphatic rings. The number of hydrogen-bond acceptors (Lipinski definition) is 4. The van der Waals surface area contributed by atoms with Gasteiger partial charge in [0.15, 0.2) is 0 Å². The molecule has 0 saturated carbocycles. The van der Waals surface area contributed by atoms with Crippen molar-refractivity contribution in [1.82, 2.24) is 9.62 Å². The number of sulfonamides is 1. The van der Waals surface area contributed by atoms with Crippen LogP contribution in [0.25, 0.3) is 0 Å². The van der Waals surface area contributed by atoms with Crippen molar-refractivity contribution in [3.05, 3.63) is 71.0 Å². The molecule has 0 aromatic heterocycles. The van der Waals surface area contributed by atoms with Crippen LogP contribution in [0.4, 0.5) is 4.39 Å². The molecule has 3 rings (SSSR count). The molecule has 8 heteroatoms. The quantitative estimate of drug-likeness (QED) is 0.800. The van der Waals surface area contributed by atoms with Gasteiger partial charge < -0.3 is 10.1 Å². The maximum Gasteiger partial charge on any atom is 0.251 e. The van der Waals surface area contributed by atoms with Crippen molar-refractivity contribution in [3.8, 4) is 0 Å². The van der Waals surface area contributed by atoms with Crippen LogP contribution >= 0.6 is 0 Å². The average Bonchev–Trinajstić information content (AvgIpc) is 2.69. The van der Waals surface area contributed by atoms with Crippen molar-refractivity contribution in [2.24, 2.45) is 0 Å². The fourth-order valence-electron chi connectivity index (χ4n) is 2.99. The van der Waals surface area contributed by atoms with Crippen LogP contribution in [0.3, 0.4) is 0 Å². The number of carbonyl (C=O) groups excluding carboxylic acids is 1. The Hall–Kier alpha value is -2.29. The first-order valence-corrected chi connectivity index (χ1v) is 10.7. The van der Waals surface area contributed by atoms with Gasteiger partial charge in [-0.05, 0) is 42.3 Å². The molecule has 0 bridgehead atoms. The van der Waals surface area contributed by atoms with Gasteiger partial charge in [-0.1, -0.05) is 24.3 Å². The third-order valence-electron chi connectivity index (χ3n) is 4.65. The molecule has 1 amide bonds. The van der Waals surface area contributed by atoms with Gasteiger partial charge in [0, 0.05) is 18.7 Å². The van der Waals surface area contributed by atoms with E-state index in [-0.39, 0.29) is 23.5 Å². The SMILES string of the molecule is CC(NC(=O)c1ccc(CS(=O)(=O)N2CCOCC2)cc1)c1ccc(F)cc1. The molecule has 1 aliphatic heterocycles. The van der Waals surface area contributed by atoms with E-state index < -0.39 is 10.0 Å². The minimum Gasteiger partial charge on any atom is -0.379 e. The summed E-state index contributed by atoms with van der Waals surface area (Å²) in [5, 5.41) is 2.85. The summed E-state index contributed by atoms with van der Waals surface area (Å²) in [5.74, 6) is -0.717. The maximum atomic E-state index is 13.0. The molecule has 1 heterocycles. The molecule has 0 spiro atoms. The van der Waals surface area contributed by atoms with Gasteiger partial charge in [-0.15, -0.1) is 0 Å². The number of nitrogens with one attached hydrogen (secondary N) is 1. The van der Waals surface area contributed by atoms with E-state index in [2.05, 4.69) is 5.32 Å². The standard InChI is InChI=1S/C20H23FN2O4S/c1-15(17-6-8-19(21)9-7-17)22-20(24)18-4-2-16(3-5-18)14-28(25,26)23-10-12-27-13-11-23/h2-9,15H,10-14H2,1H3,(H,22,24). The van der Waals surface area contributed by atoms with E-state index in [0.29, 0.717) is 37.4 Å². The van der Waals surface area contributed by atoms with Gasteiger partial charge in [-0.2, -0.15) is 4.31 Å². The highest BCUT2D eigenvalue weighted by Gasteiger charge is 2.24. The van der Waals surface area contributed by atoms with E-state index in [0.717, 1.165) is 5.56 Å². The first kappa shape index (κ1) is 20.4. The van der Waals surface area contributed by atoms with Crippen LogP contribution in [0, 0.1) is 5.82 Å². The summed E-state index contributed by atoms with van der Waals surface area (Å²) < 4.78 is 44.6. The van der Waals surface area contributed by atoms with Crippen molar-refractivity contribution in [1.29, 1.82) is 0 Å². The van der Waals surface area contributed by atoms with Gasteiger partial charge in [-0.3, -0.25) is 4.79 Å². The molecule has 2 aromatic rings. The molecule has 1 atom stereocenters. The molecule has 1 fully saturated rings. The highest BCUT2D eigenvalue weighted by Crippen LogP contribution is 2.16. The second kappa shape index (κ2) is 8.81. The zero-order valence-electron chi connectivity index (χ0n) is 15.6. The summed E-state index contributed by atoms with van der Waals surface area (Å²) in [6, 6.07) is 12.2.